The van der Waals surface area contributed by atoms with E-state index in [1.165, 1.54) is 17.4 Å². The van der Waals surface area contributed by atoms with Crippen molar-refractivity contribution in [3.05, 3.63) is 94.9 Å². The molecule has 34 heavy (non-hydrogen) atoms. The summed E-state index contributed by atoms with van der Waals surface area (Å²) in [4.78, 5) is 29.0. The van der Waals surface area contributed by atoms with E-state index < -0.39 is 6.04 Å². The van der Waals surface area contributed by atoms with Gasteiger partial charge in [0.05, 0.1) is 6.26 Å². The van der Waals surface area contributed by atoms with Crippen molar-refractivity contribution in [3.63, 3.8) is 0 Å². The molecule has 2 aromatic carbocycles. The molecule has 1 heterocycles. The van der Waals surface area contributed by atoms with Crippen LogP contribution in [0.5, 0.6) is 0 Å². The molecule has 1 unspecified atom stereocenters. The van der Waals surface area contributed by atoms with E-state index in [1.807, 2.05) is 36.4 Å². The number of carbonyl (C=O) groups is 2. The van der Waals surface area contributed by atoms with Gasteiger partial charge in [0, 0.05) is 12.6 Å². The zero-order valence-electron chi connectivity index (χ0n) is 20.1. The Morgan fingerprint density at radius 2 is 1.76 bits per heavy atom. The molecule has 0 aliphatic heterocycles. The number of hydrogen-bond acceptors (Lipinski definition) is 3. The second-order valence-electron chi connectivity index (χ2n) is 9.14. The van der Waals surface area contributed by atoms with Crippen LogP contribution in [0.25, 0.3) is 0 Å². The maximum atomic E-state index is 13.7. The minimum absolute atomic E-state index is 0.124. The van der Waals surface area contributed by atoms with Gasteiger partial charge in [-0.2, -0.15) is 0 Å². The van der Waals surface area contributed by atoms with E-state index in [2.05, 4.69) is 31.3 Å². The van der Waals surface area contributed by atoms with Crippen LogP contribution < -0.4 is 5.32 Å². The lowest BCUT2D eigenvalue weighted by Gasteiger charge is -2.32. The van der Waals surface area contributed by atoms with E-state index in [0.717, 1.165) is 43.2 Å². The summed E-state index contributed by atoms with van der Waals surface area (Å²) in [5, 5.41) is 3.23. The highest BCUT2D eigenvalue weighted by Crippen LogP contribution is 2.27. The van der Waals surface area contributed by atoms with Gasteiger partial charge in [0.25, 0.3) is 5.91 Å². The monoisotopic (exact) mass is 458 g/mol. The number of rotatable bonds is 9. The molecule has 178 valence electrons. The standard InChI is InChI=1S/C29H34N2O3/c1-3-22-14-16-24(17-15-22)27(28(32)30-25-11-6-7-12-25)31(29(33)26-13-8-20-34-26)19-18-23-10-5-4-9-21(23)2/h4-5,8-10,13-17,20,25,27H,3,6-7,11-12,18-19H2,1-2H3,(H,30,32). The summed E-state index contributed by atoms with van der Waals surface area (Å²) in [6.45, 7) is 4.58. The highest BCUT2D eigenvalue weighted by molar-refractivity contribution is 5.96. The Bertz CT molecular complexity index is 1080. The van der Waals surface area contributed by atoms with Crippen LogP contribution in [0, 0.1) is 6.92 Å². The smallest absolute Gasteiger partial charge is 0.290 e. The number of aryl methyl sites for hydroxylation is 2. The van der Waals surface area contributed by atoms with Crippen molar-refractivity contribution in [2.75, 3.05) is 6.54 Å². The van der Waals surface area contributed by atoms with Gasteiger partial charge in [-0.15, -0.1) is 0 Å². The van der Waals surface area contributed by atoms with Gasteiger partial charge in [-0.3, -0.25) is 9.59 Å². The fourth-order valence-corrected chi connectivity index (χ4v) is 4.78. The minimum Gasteiger partial charge on any atom is -0.459 e. The summed E-state index contributed by atoms with van der Waals surface area (Å²) in [6, 6.07) is 19.0. The molecule has 0 radical (unpaired) electrons. The van der Waals surface area contributed by atoms with E-state index >= 15 is 0 Å². The first-order valence-corrected chi connectivity index (χ1v) is 12.3. The number of benzene rings is 2. The van der Waals surface area contributed by atoms with Crippen LogP contribution in [-0.4, -0.2) is 29.3 Å². The number of nitrogens with zero attached hydrogens (tertiary/aromatic N) is 1. The molecule has 1 aromatic heterocycles. The summed E-state index contributed by atoms with van der Waals surface area (Å²) in [5.41, 5.74) is 4.35. The predicted molar refractivity (Wildman–Crippen MR) is 134 cm³/mol. The molecule has 2 amide bonds. The number of furan rings is 1. The third-order valence-electron chi connectivity index (χ3n) is 6.84. The van der Waals surface area contributed by atoms with Gasteiger partial charge in [0.2, 0.25) is 5.91 Å². The van der Waals surface area contributed by atoms with Crippen LogP contribution in [-0.2, 0) is 17.6 Å². The Morgan fingerprint density at radius 1 is 1.03 bits per heavy atom. The van der Waals surface area contributed by atoms with Crippen LogP contribution in [0.3, 0.4) is 0 Å². The molecule has 0 spiro atoms. The maximum Gasteiger partial charge on any atom is 0.290 e. The largest absolute Gasteiger partial charge is 0.459 e. The Labute approximate surface area is 202 Å². The van der Waals surface area contributed by atoms with Crippen molar-refractivity contribution in [3.8, 4) is 0 Å². The molecule has 4 rings (SSSR count). The van der Waals surface area contributed by atoms with Crippen LogP contribution in [0.4, 0.5) is 0 Å². The van der Waals surface area contributed by atoms with Gasteiger partial charge in [-0.25, -0.2) is 0 Å². The zero-order valence-corrected chi connectivity index (χ0v) is 20.1. The summed E-state index contributed by atoms with van der Waals surface area (Å²) < 4.78 is 5.46. The predicted octanol–water partition coefficient (Wildman–Crippen LogP) is 5.64. The van der Waals surface area contributed by atoms with Gasteiger partial charge < -0.3 is 14.6 Å². The Balaban J connectivity index is 1.69. The normalized spacial score (nSPS) is 14.6. The number of amides is 2. The van der Waals surface area contributed by atoms with Crippen molar-refractivity contribution in [1.82, 2.24) is 10.2 Å². The molecule has 5 heteroatoms. The van der Waals surface area contributed by atoms with Crippen LogP contribution >= 0.6 is 0 Å². The van der Waals surface area contributed by atoms with Gasteiger partial charge in [0.1, 0.15) is 6.04 Å². The lowest BCUT2D eigenvalue weighted by molar-refractivity contribution is -0.126. The number of hydrogen-bond donors (Lipinski definition) is 1. The molecule has 1 aliphatic carbocycles. The van der Waals surface area contributed by atoms with Crippen molar-refractivity contribution in [2.24, 2.45) is 0 Å². The van der Waals surface area contributed by atoms with E-state index in [1.54, 1.807) is 17.0 Å². The summed E-state index contributed by atoms with van der Waals surface area (Å²) in [7, 11) is 0. The van der Waals surface area contributed by atoms with Gasteiger partial charge >= 0.3 is 0 Å². The van der Waals surface area contributed by atoms with E-state index in [0.29, 0.717) is 13.0 Å². The zero-order chi connectivity index (χ0) is 23.9. The van der Waals surface area contributed by atoms with Crippen molar-refractivity contribution < 1.29 is 14.0 Å². The number of nitrogens with one attached hydrogen (secondary N) is 1. The molecule has 1 saturated carbocycles. The quantitative estimate of drug-likeness (QED) is 0.452. The van der Waals surface area contributed by atoms with Crippen LogP contribution in [0.1, 0.15) is 71.5 Å². The molecule has 1 aliphatic rings. The molecule has 3 aromatic rings. The van der Waals surface area contributed by atoms with Gasteiger partial charge in [0.15, 0.2) is 5.76 Å². The molecule has 1 atom stereocenters. The summed E-state index contributed by atoms with van der Waals surface area (Å²) in [5.74, 6) is -0.154. The molecule has 5 nitrogen and oxygen atoms in total. The van der Waals surface area contributed by atoms with E-state index in [9.17, 15) is 9.59 Å². The summed E-state index contributed by atoms with van der Waals surface area (Å²) >= 11 is 0. The van der Waals surface area contributed by atoms with E-state index in [-0.39, 0.29) is 23.6 Å². The highest BCUT2D eigenvalue weighted by Gasteiger charge is 2.34. The third kappa shape index (κ3) is 5.58. The molecular weight excluding hydrogens is 424 g/mol. The molecule has 0 bridgehead atoms. The minimum atomic E-state index is -0.729. The lowest BCUT2D eigenvalue weighted by atomic mass is 9.99. The SMILES string of the molecule is CCc1ccc(C(C(=O)NC2CCCC2)N(CCc2ccccc2C)C(=O)c2ccco2)cc1. The fourth-order valence-electron chi connectivity index (χ4n) is 4.78. The van der Waals surface area contributed by atoms with Crippen molar-refractivity contribution >= 4 is 11.8 Å². The maximum absolute atomic E-state index is 13.7. The molecule has 1 fully saturated rings. The first-order valence-electron chi connectivity index (χ1n) is 12.3. The number of carbonyl (C=O) groups excluding carboxylic acids is 2. The van der Waals surface area contributed by atoms with Gasteiger partial charge in [-0.05, 0) is 67.0 Å². The average molecular weight is 459 g/mol. The van der Waals surface area contributed by atoms with Crippen LogP contribution in [0.15, 0.2) is 71.3 Å². The molecule has 0 saturated heterocycles. The fraction of sp³-hybridized carbons (Fsp3) is 0.379. The van der Waals surface area contributed by atoms with Gasteiger partial charge in [-0.1, -0.05) is 68.3 Å². The third-order valence-corrected chi connectivity index (χ3v) is 6.84. The summed E-state index contributed by atoms with van der Waals surface area (Å²) in [6.07, 6.45) is 7.30. The van der Waals surface area contributed by atoms with E-state index in [4.69, 9.17) is 4.42 Å². The lowest BCUT2D eigenvalue weighted by Crippen LogP contribution is -2.46. The van der Waals surface area contributed by atoms with Crippen molar-refractivity contribution in [1.29, 1.82) is 0 Å². The average Bonchev–Trinajstić information content (AvgIpc) is 3.57. The first kappa shape index (κ1) is 23.8. The Kier molecular flexibility index (Phi) is 7.84. The highest BCUT2D eigenvalue weighted by atomic mass is 16.3. The first-order chi connectivity index (χ1) is 16.6. The second-order valence-corrected chi connectivity index (χ2v) is 9.14. The Hall–Kier alpha value is -3.34. The van der Waals surface area contributed by atoms with Crippen molar-refractivity contribution in [2.45, 2.75) is 64.5 Å². The second kappa shape index (κ2) is 11.2. The Morgan fingerprint density at radius 3 is 2.41 bits per heavy atom. The van der Waals surface area contributed by atoms with Crippen LogP contribution in [0.2, 0.25) is 0 Å². The molecule has 1 N–H and O–H groups in total. The molecular formula is C29H34N2O3. The topological polar surface area (TPSA) is 62.6 Å².